The van der Waals surface area contributed by atoms with Crippen molar-refractivity contribution < 1.29 is 18.0 Å². The zero-order chi connectivity index (χ0) is 26.4. The lowest BCUT2D eigenvalue weighted by atomic mass is 9.67. The first kappa shape index (κ1) is 23.1. The second-order valence-electron chi connectivity index (χ2n) is 11.3. The summed E-state index contributed by atoms with van der Waals surface area (Å²) in [4.78, 5) is 13.7. The Morgan fingerprint density at radius 1 is 0.868 bits per heavy atom. The molecular weight excluding hydrogens is 487 g/mol. The van der Waals surface area contributed by atoms with E-state index in [2.05, 4.69) is 59.7 Å². The van der Waals surface area contributed by atoms with E-state index in [0.717, 1.165) is 50.4 Å². The number of halogens is 3. The zero-order valence-electron chi connectivity index (χ0n) is 20.9. The lowest BCUT2D eigenvalue weighted by molar-refractivity contribution is -0.166. The molecule has 2 heterocycles. The van der Waals surface area contributed by atoms with Crippen LogP contribution in [-0.2, 0) is 10.5 Å². The molecule has 2 aliphatic heterocycles. The highest BCUT2D eigenvalue weighted by Gasteiger charge is 2.65. The number of Topliss-reactive ketones (excluding diaryl/α,β-unsaturated/α-hetero) is 1. The Balaban J connectivity index is 1.40. The molecule has 4 aromatic carbocycles. The van der Waals surface area contributed by atoms with E-state index >= 15 is 0 Å². The van der Waals surface area contributed by atoms with Crippen molar-refractivity contribution in [2.75, 3.05) is 5.32 Å². The van der Waals surface area contributed by atoms with Crippen LogP contribution in [0.4, 0.5) is 18.9 Å². The Kier molecular flexibility index (Phi) is 4.58. The molecule has 0 radical (unpaired) electrons. The van der Waals surface area contributed by atoms with Crippen LogP contribution in [0.1, 0.15) is 49.4 Å². The molecule has 0 spiro atoms. The van der Waals surface area contributed by atoms with Crippen LogP contribution in [0.15, 0.2) is 88.6 Å². The molecule has 0 amide bonds. The molecule has 7 heteroatoms. The average Bonchev–Trinajstić information content (AvgIpc) is 3.69. The van der Waals surface area contributed by atoms with Gasteiger partial charge in [-0.15, -0.1) is 10.2 Å². The molecule has 0 saturated carbocycles. The number of ketones is 1. The fraction of sp³-hybridized carbons (Fsp3) is 0.258. The number of hydrogen-bond acceptors (Lipinski definition) is 4. The summed E-state index contributed by atoms with van der Waals surface area (Å²) >= 11 is 0. The van der Waals surface area contributed by atoms with Crippen LogP contribution in [0.2, 0.25) is 0 Å². The smallest absolute Gasteiger partial charge is 0.373 e. The van der Waals surface area contributed by atoms with Crippen LogP contribution in [0.25, 0.3) is 27.1 Å². The molecule has 1 atom stereocenters. The molecule has 190 valence electrons. The van der Waals surface area contributed by atoms with Gasteiger partial charge in [0.2, 0.25) is 0 Å². The molecular formula is C31H24F3N3O. The monoisotopic (exact) mass is 511 g/mol. The van der Waals surface area contributed by atoms with Crippen molar-refractivity contribution >= 4 is 38.6 Å². The van der Waals surface area contributed by atoms with E-state index in [1.54, 1.807) is 12.1 Å². The van der Waals surface area contributed by atoms with Gasteiger partial charge in [0.15, 0.2) is 5.78 Å². The van der Waals surface area contributed by atoms with Crippen LogP contribution < -0.4 is 5.32 Å². The van der Waals surface area contributed by atoms with Crippen LogP contribution in [0.3, 0.4) is 0 Å². The van der Waals surface area contributed by atoms with Crippen molar-refractivity contribution in [3.63, 3.8) is 0 Å². The van der Waals surface area contributed by atoms with Crippen molar-refractivity contribution in [3.05, 3.63) is 95.1 Å². The Hall–Kier alpha value is -4.00. The van der Waals surface area contributed by atoms with Gasteiger partial charge in [-0.05, 0) is 62.7 Å². The molecule has 38 heavy (non-hydrogen) atoms. The highest BCUT2D eigenvalue weighted by Crippen LogP contribution is 2.54. The first-order valence-corrected chi connectivity index (χ1v) is 12.7. The lowest BCUT2D eigenvalue weighted by Crippen LogP contribution is -2.33. The largest absolute Gasteiger partial charge is 0.442 e. The minimum absolute atomic E-state index is 0.0202. The Bertz CT molecular complexity index is 1730. The first-order chi connectivity index (χ1) is 18.1. The number of carbonyl (C=O) groups excluding carboxylic acids is 1. The Morgan fingerprint density at radius 2 is 1.55 bits per heavy atom. The minimum atomic E-state index is -4.58. The van der Waals surface area contributed by atoms with Gasteiger partial charge in [0.05, 0.1) is 6.04 Å². The lowest BCUT2D eigenvalue weighted by Gasteiger charge is -2.40. The summed E-state index contributed by atoms with van der Waals surface area (Å²) in [5.41, 5.74) is 1.74. The molecule has 3 aliphatic rings. The minimum Gasteiger partial charge on any atom is -0.373 e. The SMILES string of the molecule is CC1(C)CC(=O)C2=C(C1)c1c(ccc3cc4ccccc4cc13)NC2c1ccc(C2(C(F)(F)F)N=N2)cc1. The van der Waals surface area contributed by atoms with Crippen LogP contribution in [0.5, 0.6) is 0 Å². The number of carbonyl (C=O) groups is 1. The van der Waals surface area contributed by atoms with Crippen LogP contribution in [0, 0.1) is 5.41 Å². The molecule has 1 N–H and O–H groups in total. The number of allylic oxidation sites excluding steroid dienone is 1. The summed E-state index contributed by atoms with van der Waals surface area (Å²) in [5.74, 6) is 0.0697. The third-order valence-electron chi connectivity index (χ3n) is 8.04. The van der Waals surface area contributed by atoms with Crippen molar-refractivity contribution in [2.45, 2.75) is 44.6 Å². The first-order valence-electron chi connectivity index (χ1n) is 12.7. The summed E-state index contributed by atoms with van der Waals surface area (Å²) in [6, 6.07) is 22.4. The van der Waals surface area contributed by atoms with E-state index in [4.69, 9.17) is 0 Å². The maximum Gasteiger partial charge on any atom is 0.442 e. The average molecular weight is 512 g/mol. The van der Waals surface area contributed by atoms with Gasteiger partial charge in [-0.25, -0.2) is 0 Å². The van der Waals surface area contributed by atoms with Gasteiger partial charge in [-0.2, -0.15) is 13.2 Å². The Morgan fingerprint density at radius 3 is 2.21 bits per heavy atom. The van der Waals surface area contributed by atoms with E-state index < -0.39 is 17.9 Å². The maximum atomic E-state index is 13.7. The summed E-state index contributed by atoms with van der Waals surface area (Å²) in [7, 11) is 0. The molecule has 7 rings (SSSR count). The maximum absolute atomic E-state index is 13.7. The third-order valence-corrected chi connectivity index (χ3v) is 8.04. The summed E-state index contributed by atoms with van der Waals surface area (Å²) in [6.07, 6.45) is -3.43. The quantitative estimate of drug-likeness (QED) is 0.274. The van der Waals surface area contributed by atoms with Gasteiger partial charge < -0.3 is 5.32 Å². The van der Waals surface area contributed by atoms with Crippen molar-refractivity contribution in [3.8, 4) is 0 Å². The number of benzene rings is 4. The number of nitrogens with zero attached hydrogens (tertiary/aromatic N) is 2. The predicted octanol–water partition coefficient (Wildman–Crippen LogP) is 8.48. The van der Waals surface area contributed by atoms with Gasteiger partial charge in [0.25, 0.3) is 0 Å². The fourth-order valence-corrected chi connectivity index (χ4v) is 6.18. The number of fused-ring (bicyclic) bond motifs is 5. The summed E-state index contributed by atoms with van der Waals surface area (Å²) < 4.78 is 40.6. The summed E-state index contributed by atoms with van der Waals surface area (Å²) in [6.45, 7) is 4.22. The molecule has 4 aromatic rings. The van der Waals surface area contributed by atoms with E-state index in [-0.39, 0.29) is 16.8 Å². The van der Waals surface area contributed by atoms with Gasteiger partial charge in [-0.1, -0.05) is 68.4 Å². The van der Waals surface area contributed by atoms with Gasteiger partial charge in [0, 0.05) is 28.8 Å². The normalized spacial score (nSPS) is 21.3. The van der Waals surface area contributed by atoms with Crippen molar-refractivity contribution in [2.24, 2.45) is 15.6 Å². The highest BCUT2D eigenvalue weighted by molar-refractivity contribution is 6.14. The number of alkyl halides is 3. The number of rotatable bonds is 2. The van der Waals surface area contributed by atoms with Gasteiger partial charge in [0.1, 0.15) is 0 Å². The number of nitrogens with one attached hydrogen (secondary N) is 1. The molecule has 0 saturated heterocycles. The second-order valence-corrected chi connectivity index (χ2v) is 11.3. The number of anilines is 1. The number of hydrogen-bond donors (Lipinski definition) is 1. The third kappa shape index (κ3) is 3.34. The molecule has 4 nitrogen and oxygen atoms in total. The van der Waals surface area contributed by atoms with Gasteiger partial charge in [-0.3, -0.25) is 4.79 Å². The highest BCUT2D eigenvalue weighted by atomic mass is 19.4. The molecule has 0 bridgehead atoms. The van der Waals surface area contributed by atoms with Crippen LogP contribution >= 0.6 is 0 Å². The van der Waals surface area contributed by atoms with E-state index in [1.807, 2.05) is 18.2 Å². The topological polar surface area (TPSA) is 53.8 Å². The van der Waals surface area contributed by atoms with Crippen molar-refractivity contribution in [1.82, 2.24) is 0 Å². The standard InChI is InChI=1S/C31H24F3N3O/c1-29(2)15-23-26-22-14-19-6-4-3-5-18(19)13-20(22)9-12-24(26)35-28(27(23)25(38)16-29)17-7-10-21(11-8-17)30(36-37-30)31(32,33)34/h3-14,28,35H,15-16H2,1-2H3. The second kappa shape index (κ2) is 7.53. The van der Waals surface area contributed by atoms with E-state index in [9.17, 15) is 18.0 Å². The summed E-state index contributed by atoms with van der Waals surface area (Å²) in [5, 5.41) is 14.7. The predicted molar refractivity (Wildman–Crippen MR) is 142 cm³/mol. The van der Waals surface area contributed by atoms with E-state index in [0.29, 0.717) is 12.0 Å². The fourth-order valence-electron chi connectivity index (χ4n) is 6.18. The molecule has 1 aliphatic carbocycles. The van der Waals surface area contributed by atoms with Gasteiger partial charge >= 0.3 is 11.8 Å². The zero-order valence-corrected chi connectivity index (χ0v) is 20.9. The molecule has 1 unspecified atom stereocenters. The van der Waals surface area contributed by atoms with E-state index in [1.165, 1.54) is 12.1 Å². The van der Waals surface area contributed by atoms with Crippen LogP contribution in [-0.4, -0.2) is 12.0 Å². The Labute approximate surface area is 217 Å². The molecule has 0 fully saturated rings. The van der Waals surface area contributed by atoms with Crippen molar-refractivity contribution in [1.29, 1.82) is 0 Å². The molecule has 0 aromatic heterocycles.